The molecule has 92 valence electrons. The normalized spacial score (nSPS) is 13.8. The molecule has 0 fully saturated rings. The van der Waals surface area contributed by atoms with Crippen LogP contribution in [0.1, 0.15) is 13.8 Å². The molecule has 0 aliphatic heterocycles. The van der Waals surface area contributed by atoms with Gasteiger partial charge in [-0.1, -0.05) is 0 Å². The zero-order valence-electron chi connectivity index (χ0n) is 10.1. The predicted molar refractivity (Wildman–Crippen MR) is 65.3 cm³/mol. The van der Waals surface area contributed by atoms with Gasteiger partial charge in [0.2, 0.25) is 0 Å². The van der Waals surface area contributed by atoms with Crippen molar-refractivity contribution < 1.29 is 19.1 Å². The Kier molecular flexibility index (Phi) is 8.09. The summed E-state index contributed by atoms with van der Waals surface area (Å²) >= 11 is -2.04. The Morgan fingerprint density at radius 2 is 1.38 bits per heavy atom. The molecule has 0 aromatic rings. The van der Waals surface area contributed by atoms with Crippen molar-refractivity contribution in [3.05, 3.63) is 0 Å². The fourth-order valence-electron chi connectivity index (χ4n) is 1.34. The molecule has 16 heavy (non-hydrogen) atoms. The van der Waals surface area contributed by atoms with E-state index in [1.54, 1.807) is 0 Å². The second kappa shape index (κ2) is 8.11. The van der Waals surface area contributed by atoms with Crippen LogP contribution in [-0.4, -0.2) is 44.0 Å². The Morgan fingerprint density at radius 1 is 1.06 bits per heavy atom. The van der Waals surface area contributed by atoms with Crippen LogP contribution in [0.25, 0.3) is 0 Å². The summed E-state index contributed by atoms with van der Waals surface area (Å²) in [5, 5.41) is 0. The summed E-state index contributed by atoms with van der Waals surface area (Å²) in [6, 6.07) is 0. The minimum atomic E-state index is -2.04. The van der Waals surface area contributed by atoms with E-state index >= 15 is 0 Å². The molecule has 0 radical (unpaired) electrons. The topological polar surface area (TPSA) is 52.6 Å². The van der Waals surface area contributed by atoms with Gasteiger partial charge in [-0.15, -0.1) is 0 Å². The Morgan fingerprint density at radius 3 is 1.62 bits per heavy atom. The van der Waals surface area contributed by atoms with Crippen LogP contribution < -0.4 is 0 Å². The van der Waals surface area contributed by atoms with Crippen molar-refractivity contribution in [3.63, 3.8) is 0 Å². The molecule has 6 heteroatoms. The van der Waals surface area contributed by atoms with Crippen LogP contribution in [0.3, 0.4) is 0 Å². The van der Waals surface area contributed by atoms with Crippen molar-refractivity contribution in [2.45, 2.75) is 22.7 Å². The fourth-order valence-corrected chi connectivity index (χ4v) is 10.0. The van der Waals surface area contributed by atoms with Gasteiger partial charge in [-0.2, -0.15) is 0 Å². The number of ether oxygens (including phenoxy) is 2. The summed E-state index contributed by atoms with van der Waals surface area (Å²) in [4.78, 5) is 22.4. The van der Waals surface area contributed by atoms with E-state index in [1.807, 2.05) is 13.8 Å². The zero-order valence-corrected chi connectivity index (χ0v) is 13.8. The Labute approximate surface area is 107 Å². The molecule has 0 N–H and O–H groups in total. The van der Waals surface area contributed by atoms with Gasteiger partial charge in [-0.25, -0.2) is 0 Å². The molecule has 0 aromatic carbocycles. The molecule has 0 rings (SSSR count). The van der Waals surface area contributed by atoms with Crippen molar-refractivity contribution in [2.75, 3.05) is 14.2 Å². The molecule has 0 aromatic heterocycles. The molecule has 0 aliphatic rings. The van der Waals surface area contributed by atoms with E-state index < -0.39 is 17.8 Å². The molecule has 4 nitrogen and oxygen atoms in total. The van der Waals surface area contributed by atoms with Crippen LogP contribution in [0, 0.1) is 11.8 Å². The number of rotatable bonds is 6. The van der Waals surface area contributed by atoms with Gasteiger partial charge in [0.05, 0.1) is 0 Å². The quantitative estimate of drug-likeness (QED) is 0.539. The van der Waals surface area contributed by atoms with Gasteiger partial charge in [0.15, 0.2) is 0 Å². The number of hydrogen-bond donors (Lipinski definition) is 0. The first-order valence-electron chi connectivity index (χ1n) is 5.09. The number of methoxy groups -OCH3 is 2. The van der Waals surface area contributed by atoms with Gasteiger partial charge in [0.25, 0.3) is 0 Å². The first kappa shape index (κ1) is 16.0. The van der Waals surface area contributed by atoms with Crippen LogP contribution in [-0.2, 0) is 19.1 Å². The molecule has 0 saturated carbocycles. The maximum absolute atomic E-state index is 11.2. The Balaban J connectivity index is 4.08. The first-order chi connectivity index (χ1) is 7.42. The third-order valence-electron chi connectivity index (χ3n) is 2.27. The van der Waals surface area contributed by atoms with E-state index in [-0.39, 0.29) is 23.8 Å². The number of carbonyl (C=O) groups excluding carboxylic acids is 2. The average Bonchev–Trinajstić information content (AvgIpc) is 2.26. The van der Waals surface area contributed by atoms with Gasteiger partial charge in [0.1, 0.15) is 0 Å². The molecule has 2 atom stereocenters. The van der Waals surface area contributed by atoms with E-state index in [4.69, 9.17) is 9.29 Å². The minimum absolute atomic E-state index is 0.137. The van der Waals surface area contributed by atoms with Crippen molar-refractivity contribution in [2.24, 2.45) is 11.8 Å². The van der Waals surface area contributed by atoms with E-state index in [9.17, 15) is 9.59 Å². The second-order valence-electron chi connectivity index (χ2n) is 3.80. The van der Waals surface area contributed by atoms with E-state index in [1.165, 1.54) is 14.2 Å². The molecular weight excluding hydrogens is 335 g/mol. The number of hydrogen-bond acceptors (Lipinski definition) is 5. The van der Waals surface area contributed by atoms with E-state index in [0.29, 0.717) is 0 Å². The Hall–Kier alpha value is -0.0413. The summed E-state index contributed by atoms with van der Waals surface area (Å²) in [6.07, 6.45) is 0. The van der Waals surface area contributed by atoms with Crippen molar-refractivity contribution in [3.8, 4) is 0 Å². The summed E-state index contributed by atoms with van der Waals surface area (Å²) in [5.41, 5.74) is 0. The standard InChI is InChI=1S/2C5H9O2.S.Sn/c2*1-4(2)5(6)7-3;;/h2*4H,1H2,2-3H3;;. The molecule has 0 saturated heterocycles. The number of esters is 2. The SMILES string of the molecule is COC(=O)C(C)[CH2][Sn](=[S])[CH2]C(C)C(=O)OC. The predicted octanol–water partition coefficient (Wildman–Crippen LogP) is 1.79. The van der Waals surface area contributed by atoms with Gasteiger partial charge in [-0.05, 0) is 0 Å². The molecule has 0 spiro atoms. The van der Waals surface area contributed by atoms with Gasteiger partial charge < -0.3 is 0 Å². The van der Waals surface area contributed by atoms with Crippen molar-refractivity contribution in [1.82, 2.24) is 0 Å². The van der Waals surface area contributed by atoms with Crippen molar-refractivity contribution >= 4 is 39.0 Å². The molecule has 0 aliphatic carbocycles. The van der Waals surface area contributed by atoms with Crippen LogP contribution >= 0.6 is 9.29 Å². The van der Waals surface area contributed by atoms with Crippen LogP contribution in [0.5, 0.6) is 0 Å². The van der Waals surface area contributed by atoms with E-state index in [2.05, 4.69) is 9.47 Å². The van der Waals surface area contributed by atoms with Crippen LogP contribution in [0.15, 0.2) is 0 Å². The summed E-state index contributed by atoms with van der Waals surface area (Å²) in [6.45, 7) is 3.64. The maximum atomic E-state index is 11.2. The van der Waals surface area contributed by atoms with Gasteiger partial charge in [-0.3, -0.25) is 0 Å². The fraction of sp³-hybridized carbons (Fsp3) is 0.800. The molecular formula is C10H18O4SSn. The van der Waals surface area contributed by atoms with E-state index in [0.717, 1.165) is 8.87 Å². The summed E-state index contributed by atoms with van der Waals surface area (Å²) < 4.78 is 10.8. The van der Waals surface area contributed by atoms with Crippen LogP contribution in [0.4, 0.5) is 0 Å². The molecule has 2 unspecified atom stereocenters. The van der Waals surface area contributed by atoms with Crippen molar-refractivity contribution in [1.29, 1.82) is 0 Å². The third-order valence-corrected chi connectivity index (χ3v) is 10.6. The zero-order chi connectivity index (χ0) is 12.7. The van der Waals surface area contributed by atoms with Gasteiger partial charge >= 0.3 is 107 Å². The second-order valence-corrected chi connectivity index (χ2v) is 13.1. The molecule has 0 bridgehead atoms. The monoisotopic (exact) mass is 354 g/mol. The summed E-state index contributed by atoms with van der Waals surface area (Å²) in [7, 11) is 8.16. The Bertz CT molecular complexity index is 254. The average molecular weight is 353 g/mol. The summed E-state index contributed by atoms with van der Waals surface area (Å²) in [5.74, 6) is -0.703. The first-order valence-corrected chi connectivity index (χ1v) is 13.0. The number of carbonyl (C=O) groups is 2. The van der Waals surface area contributed by atoms with Crippen LogP contribution in [0.2, 0.25) is 8.87 Å². The van der Waals surface area contributed by atoms with Gasteiger partial charge in [0, 0.05) is 0 Å². The molecule has 0 heterocycles. The third kappa shape index (κ3) is 5.88. The molecule has 0 amide bonds.